The van der Waals surface area contributed by atoms with Gasteiger partial charge >= 0.3 is 5.97 Å². The van der Waals surface area contributed by atoms with Gasteiger partial charge in [0, 0.05) is 5.69 Å². The Morgan fingerprint density at radius 1 is 0.955 bits per heavy atom. The van der Waals surface area contributed by atoms with Gasteiger partial charge in [-0.1, -0.05) is 46.9 Å². The van der Waals surface area contributed by atoms with E-state index in [1.54, 1.807) is 30.3 Å². The highest BCUT2D eigenvalue weighted by Gasteiger charge is 2.13. The SMILES string of the molecule is O=C(COC(=O)c1ccccc1Cl)Nc1ccc(Cl)c(Cl)c1. The summed E-state index contributed by atoms with van der Waals surface area (Å²) < 4.78 is 4.90. The lowest BCUT2D eigenvalue weighted by molar-refractivity contribution is -0.119. The molecule has 2 aromatic carbocycles. The van der Waals surface area contributed by atoms with E-state index in [4.69, 9.17) is 39.5 Å². The maximum absolute atomic E-state index is 11.8. The normalized spacial score (nSPS) is 10.1. The molecule has 22 heavy (non-hydrogen) atoms. The predicted octanol–water partition coefficient (Wildman–Crippen LogP) is 4.44. The molecule has 2 rings (SSSR count). The van der Waals surface area contributed by atoms with E-state index in [0.29, 0.717) is 15.7 Å². The fraction of sp³-hybridized carbons (Fsp3) is 0.0667. The largest absolute Gasteiger partial charge is 0.452 e. The van der Waals surface area contributed by atoms with E-state index in [9.17, 15) is 9.59 Å². The first-order valence-corrected chi connectivity index (χ1v) is 7.27. The molecule has 0 spiro atoms. The number of halogens is 3. The van der Waals surface area contributed by atoms with Crippen molar-refractivity contribution in [2.75, 3.05) is 11.9 Å². The van der Waals surface area contributed by atoms with Crippen LogP contribution in [0.3, 0.4) is 0 Å². The molecule has 0 heterocycles. The standard InChI is InChI=1S/C15H10Cl3NO3/c16-11-4-2-1-3-10(11)15(21)22-8-14(20)19-9-5-6-12(17)13(18)7-9/h1-7H,8H2,(H,19,20). The lowest BCUT2D eigenvalue weighted by Gasteiger charge is -2.08. The van der Waals surface area contributed by atoms with Crippen LogP contribution in [0.15, 0.2) is 42.5 Å². The summed E-state index contributed by atoms with van der Waals surface area (Å²) in [5.41, 5.74) is 0.652. The third-order valence-corrected chi connectivity index (χ3v) is 3.70. The highest BCUT2D eigenvalue weighted by atomic mass is 35.5. The van der Waals surface area contributed by atoms with Crippen molar-refractivity contribution in [3.8, 4) is 0 Å². The van der Waals surface area contributed by atoms with E-state index in [0.717, 1.165) is 0 Å². The first-order valence-electron chi connectivity index (χ1n) is 6.14. The van der Waals surface area contributed by atoms with Crippen molar-refractivity contribution in [1.82, 2.24) is 0 Å². The van der Waals surface area contributed by atoms with Crippen LogP contribution in [0.25, 0.3) is 0 Å². The van der Waals surface area contributed by atoms with Crippen molar-refractivity contribution in [2.45, 2.75) is 0 Å². The summed E-state index contributed by atoms with van der Waals surface area (Å²) in [7, 11) is 0. The Morgan fingerprint density at radius 3 is 2.36 bits per heavy atom. The van der Waals surface area contributed by atoms with Crippen LogP contribution >= 0.6 is 34.8 Å². The Labute approximate surface area is 141 Å². The molecule has 114 valence electrons. The molecular formula is C15H10Cl3NO3. The number of carbonyl (C=O) groups is 2. The minimum absolute atomic E-state index is 0.200. The van der Waals surface area contributed by atoms with E-state index >= 15 is 0 Å². The van der Waals surface area contributed by atoms with Gasteiger partial charge in [-0.3, -0.25) is 4.79 Å². The number of benzene rings is 2. The highest BCUT2D eigenvalue weighted by molar-refractivity contribution is 6.42. The van der Waals surface area contributed by atoms with Gasteiger partial charge in [0.25, 0.3) is 5.91 Å². The van der Waals surface area contributed by atoms with Gasteiger partial charge in [0.2, 0.25) is 0 Å². The molecule has 1 N–H and O–H groups in total. The lowest BCUT2D eigenvalue weighted by atomic mass is 10.2. The van der Waals surface area contributed by atoms with E-state index in [1.165, 1.54) is 12.1 Å². The molecule has 0 aliphatic rings. The molecule has 0 unspecified atom stereocenters. The molecular weight excluding hydrogens is 349 g/mol. The monoisotopic (exact) mass is 357 g/mol. The van der Waals surface area contributed by atoms with E-state index < -0.39 is 18.5 Å². The molecule has 4 nitrogen and oxygen atoms in total. The van der Waals surface area contributed by atoms with Crippen molar-refractivity contribution in [3.63, 3.8) is 0 Å². The Hall–Kier alpha value is -1.75. The third-order valence-electron chi connectivity index (χ3n) is 2.63. The van der Waals surface area contributed by atoms with Crippen LogP contribution in [-0.2, 0) is 9.53 Å². The second-order valence-electron chi connectivity index (χ2n) is 4.23. The molecule has 0 fully saturated rings. The summed E-state index contributed by atoms with van der Waals surface area (Å²) in [5.74, 6) is -1.17. The topological polar surface area (TPSA) is 55.4 Å². The first-order chi connectivity index (χ1) is 10.5. The second-order valence-corrected chi connectivity index (χ2v) is 5.45. The van der Waals surface area contributed by atoms with Crippen molar-refractivity contribution in [1.29, 1.82) is 0 Å². The number of carbonyl (C=O) groups excluding carboxylic acids is 2. The molecule has 2 aromatic rings. The van der Waals surface area contributed by atoms with Crippen LogP contribution in [0.4, 0.5) is 5.69 Å². The van der Waals surface area contributed by atoms with Gasteiger partial charge < -0.3 is 10.1 Å². The maximum Gasteiger partial charge on any atom is 0.340 e. The van der Waals surface area contributed by atoms with Crippen LogP contribution in [0.5, 0.6) is 0 Å². The van der Waals surface area contributed by atoms with Gasteiger partial charge in [0.05, 0.1) is 20.6 Å². The van der Waals surface area contributed by atoms with Gasteiger partial charge in [-0.15, -0.1) is 0 Å². The first kappa shape index (κ1) is 16.6. The maximum atomic E-state index is 11.8. The molecule has 0 atom stereocenters. The average molecular weight is 359 g/mol. The van der Waals surface area contributed by atoms with Gasteiger partial charge in [-0.25, -0.2) is 4.79 Å². The summed E-state index contributed by atoms with van der Waals surface area (Å²) in [4.78, 5) is 23.5. The number of anilines is 1. The molecule has 1 amide bonds. The average Bonchev–Trinajstić information content (AvgIpc) is 2.49. The molecule has 0 aromatic heterocycles. The molecule has 0 radical (unpaired) electrons. The van der Waals surface area contributed by atoms with E-state index in [2.05, 4.69) is 5.32 Å². The van der Waals surface area contributed by atoms with Crippen molar-refractivity contribution in [2.24, 2.45) is 0 Å². The van der Waals surface area contributed by atoms with Crippen LogP contribution in [-0.4, -0.2) is 18.5 Å². The number of hydrogen-bond acceptors (Lipinski definition) is 3. The fourth-order valence-corrected chi connectivity index (χ4v) is 2.12. The summed E-state index contributed by atoms with van der Waals surface area (Å²) in [5, 5.41) is 3.49. The number of nitrogens with one attached hydrogen (secondary N) is 1. The number of amides is 1. The Kier molecular flexibility index (Phi) is 5.66. The highest BCUT2D eigenvalue weighted by Crippen LogP contribution is 2.25. The predicted molar refractivity (Wildman–Crippen MR) is 86.8 cm³/mol. The zero-order chi connectivity index (χ0) is 16.1. The molecule has 0 saturated carbocycles. The van der Waals surface area contributed by atoms with Crippen molar-refractivity contribution in [3.05, 3.63) is 63.1 Å². The van der Waals surface area contributed by atoms with Gasteiger partial charge in [-0.05, 0) is 30.3 Å². The van der Waals surface area contributed by atoms with Gasteiger partial charge in [0.1, 0.15) is 0 Å². The smallest absolute Gasteiger partial charge is 0.340 e. The summed E-state index contributed by atoms with van der Waals surface area (Å²) >= 11 is 17.5. The number of rotatable bonds is 4. The molecule has 0 bridgehead atoms. The number of hydrogen-bond donors (Lipinski definition) is 1. The van der Waals surface area contributed by atoms with E-state index in [-0.39, 0.29) is 10.6 Å². The number of esters is 1. The fourth-order valence-electron chi connectivity index (χ4n) is 1.61. The summed E-state index contributed by atoms with van der Waals surface area (Å²) in [6.07, 6.45) is 0. The van der Waals surface area contributed by atoms with Gasteiger partial charge in [0.15, 0.2) is 6.61 Å². The van der Waals surface area contributed by atoms with Crippen LogP contribution in [0.2, 0.25) is 15.1 Å². The summed E-state index contributed by atoms with van der Waals surface area (Å²) in [6.45, 7) is -0.440. The van der Waals surface area contributed by atoms with Crippen LogP contribution in [0.1, 0.15) is 10.4 Å². The second kappa shape index (κ2) is 7.49. The Bertz CT molecular complexity index is 719. The number of ether oxygens (including phenoxy) is 1. The molecule has 0 aliphatic carbocycles. The minimum atomic E-state index is -0.671. The van der Waals surface area contributed by atoms with Gasteiger partial charge in [-0.2, -0.15) is 0 Å². The van der Waals surface area contributed by atoms with E-state index in [1.807, 2.05) is 0 Å². The van der Waals surface area contributed by atoms with Crippen LogP contribution < -0.4 is 5.32 Å². The molecule has 0 aliphatic heterocycles. The van der Waals surface area contributed by atoms with Crippen LogP contribution in [0, 0.1) is 0 Å². The summed E-state index contributed by atoms with van der Waals surface area (Å²) in [6, 6.07) is 11.1. The zero-order valence-corrected chi connectivity index (χ0v) is 13.4. The third kappa shape index (κ3) is 4.37. The lowest BCUT2D eigenvalue weighted by Crippen LogP contribution is -2.21. The zero-order valence-electron chi connectivity index (χ0n) is 11.1. The molecule has 7 heteroatoms. The minimum Gasteiger partial charge on any atom is -0.452 e. The Balaban J connectivity index is 1.91. The molecule has 0 saturated heterocycles. The Morgan fingerprint density at radius 2 is 1.68 bits per heavy atom. The van der Waals surface area contributed by atoms with Crippen molar-refractivity contribution >= 4 is 52.4 Å². The quantitative estimate of drug-likeness (QED) is 0.822. The van der Waals surface area contributed by atoms with Crippen molar-refractivity contribution < 1.29 is 14.3 Å².